The molecule has 0 fully saturated rings. The van der Waals surface area contributed by atoms with Crippen LogP contribution in [0.25, 0.3) is 22.3 Å². The Morgan fingerprint density at radius 3 is 2.07 bits per heavy atom. The number of rotatable bonds is 4. The molecule has 3 rings (SSSR count). The molecule has 0 unspecified atom stereocenters. The van der Waals surface area contributed by atoms with E-state index in [1.165, 1.54) is 12.1 Å². The summed E-state index contributed by atoms with van der Waals surface area (Å²) in [5.74, 6) is -0.767. The van der Waals surface area contributed by atoms with E-state index >= 15 is 0 Å². The van der Waals surface area contributed by atoms with Crippen molar-refractivity contribution in [2.45, 2.75) is 20.8 Å². The molecule has 0 spiro atoms. The molecule has 0 atom stereocenters. The molecule has 0 aliphatic rings. The van der Waals surface area contributed by atoms with Crippen molar-refractivity contribution < 1.29 is 22.1 Å². The second-order valence-corrected chi connectivity index (χ2v) is 8.42. The van der Waals surface area contributed by atoms with Gasteiger partial charge in [0.1, 0.15) is 5.75 Å². The second-order valence-electron chi connectivity index (χ2n) is 6.84. The Bertz CT molecular complexity index is 1150. The van der Waals surface area contributed by atoms with Crippen molar-refractivity contribution in [2.75, 3.05) is 6.26 Å². The van der Waals surface area contributed by atoms with Crippen LogP contribution in [0.1, 0.15) is 16.7 Å². The fourth-order valence-corrected chi connectivity index (χ4v) is 3.81. The molecule has 4 nitrogen and oxygen atoms in total. The molecular formula is C22H21FO4S. The van der Waals surface area contributed by atoms with Crippen LogP contribution in [0.4, 0.5) is 4.39 Å². The molecule has 0 heterocycles. The van der Waals surface area contributed by atoms with Crippen molar-refractivity contribution in [3.05, 3.63) is 71.0 Å². The van der Waals surface area contributed by atoms with E-state index in [-0.39, 0.29) is 11.5 Å². The lowest BCUT2D eigenvalue weighted by Gasteiger charge is -2.18. The molecular weight excluding hydrogens is 379 g/mol. The molecule has 6 heteroatoms. The molecule has 1 N–H and O–H groups in total. The lowest BCUT2D eigenvalue weighted by molar-refractivity contribution is 0.432. The first-order valence-electron chi connectivity index (χ1n) is 8.66. The third-order valence-electron chi connectivity index (χ3n) is 4.75. The summed E-state index contributed by atoms with van der Waals surface area (Å²) in [4.78, 5) is 0. The number of hydrogen-bond acceptors (Lipinski definition) is 4. The molecule has 0 aromatic heterocycles. The van der Waals surface area contributed by atoms with Crippen LogP contribution >= 0.6 is 0 Å². The third kappa shape index (κ3) is 4.02. The van der Waals surface area contributed by atoms with Gasteiger partial charge in [0.05, 0.1) is 6.26 Å². The zero-order valence-electron chi connectivity index (χ0n) is 16.1. The maximum atomic E-state index is 13.8. The summed E-state index contributed by atoms with van der Waals surface area (Å²) in [6.45, 7) is 5.93. The summed E-state index contributed by atoms with van der Waals surface area (Å²) in [7, 11) is -3.57. The van der Waals surface area contributed by atoms with Gasteiger partial charge in [-0.25, -0.2) is 4.39 Å². The Labute approximate surface area is 164 Å². The van der Waals surface area contributed by atoms with Crippen LogP contribution in [0.3, 0.4) is 0 Å². The Hall–Kier alpha value is -2.86. The molecule has 0 saturated carbocycles. The maximum Gasteiger partial charge on any atom is 0.306 e. The van der Waals surface area contributed by atoms with E-state index in [0.717, 1.165) is 39.6 Å². The van der Waals surface area contributed by atoms with Gasteiger partial charge in [-0.3, -0.25) is 0 Å². The predicted octanol–water partition coefficient (Wildman–Crippen LogP) is 5.13. The standard InChI is InChI=1S/C22H21FO4S/c1-13-11-19(16-5-8-18(9-6-16)27-28(4,25)26)14(2)15(3)22(13)17-7-10-21(24)20(23)12-17/h5-12,24H,1-4H3. The van der Waals surface area contributed by atoms with E-state index in [4.69, 9.17) is 4.18 Å². The average molecular weight is 400 g/mol. The maximum absolute atomic E-state index is 13.8. The highest BCUT2D eigenvalue weighted by Gasteiger charge is 2.15. The van der Waals surface area contributed by atoms with Gasteiger partial charge in [-0.2, -0.15) is 8.42 Å². The summed E-state index contributed by atoms with van der Waals surface area (Å²) in [5, 5.41) is 9.45. The highest BCUT2D eigenvalue weighted by molar-refractivity contribution is 7.86. The van der Waals surface area contributed by atoms with E-state index in [9.17, 15) is 17.9 Å². The molecule has 0 saturated heterocycles. The minimum absolute atomic E-state index is 0.258. The van der Waals surface area contributed by atoms with E-state index < -0.39 is 15.9 Å². The monoisotopic (exact) mass is 400 g/mol. The number of phenolic OH excluding ortho intramolecular Hbond substituents is 1. The van der Waals surface area contributed by atoms with Gasteiger partial charge in [-0.1, -0.05) is 24.3 Å². The van der Waals surface area contributed by atoms with Crippen molar-refractivity contribution in [1.29, 1.82) is 0 Å². The number of benzene rings is 3. The van der Waals surface area contributed by atoms with Gasteiger partial charge >= 0.3 is 10.1 Å². The van der Waals surface area contributed by atoms with Crippen molar-refractivity contribution in [1.82, 2.24) is 0 Å². The fourth-order valence-electron chi connectivity index (χ4n) is 3.35. The van der Waals surface area contributed by atoms with Gasteiger partial charge in [0.15, 0.2) is 11.6 Å². The third-order valence-corrected chi connectivity index (χ3v) is 5.24. The van der Waals surface area contributed by atoms with Crippen LogP contribution in [0, 0.1) is 26.6 Å². The van der Waals surface area contributed by atoms with Crippen LogP contribution in [0.15, 0.2) is 48.5 Å². The van der Waals surface area contributed by atoms with Crippen LogP contribution in [0.2, 0.25) is 0 Å². The molecule has 0 aliphatic heterocycles. The molecule has 0 radical (unpaired) electrons. The zero-order valence-corrected chi connectivity index (χ0v) is 16.9. The van der Waals surface area contributed by atoms with Gasteiger partial charge < -0.3 is 9.29 Å². The van der Waals surface area contributed by atoms with E-state index in [0.29, 0.717) is 5.56 Å². The summed E-state index contributed by atoms with van der Waals surface area (Å²) in [6.07, 6.45) is 1.00. The van der Waals surface area contributed by atoms with Crippen molar-refractivity contribution in [3.63, 3.8) is 0 Å². The highest BCUT2D eigenvalue weighted by atomic mass is 32.2. The zero-order chi connectivity index (χ0) is 20.6. The van der Waals surface area contributed by atoms with Crippen molar-refractivity contribution in [2.24, 2.45) is 0 Å². The number of aromatic hydroxyl groups is 1. The summed E-state index contributed by atoms with van der Waals surface area (Å²) in [6, 6.07) is 13.3. The number of phenols is 1. The molecule has 3 aromatic rings. The van der Waals surface area contributed by atoms with E-state index in [2.05, 4.69) is 0 Å². The van der Waals surface area contributed by atoms with Crippen LogP contribution in [0.5, 0.6) is 11.5 Å². The molecule has 0 amide bonds. The van der Waals surface area contributed by atoms with E-state index in [1.807, 2.05) is 39.0 Å². The summed E-state index contributed by atoms with van der Waals surface area (Å²) in [5.41, 5.74) is 6.58. The Balaban J connectivity index is 2.06. The molecule has 146 valence electrons. The van der Waals surface area contributed by atoms with Gasteiger partial charge in [0.25, 0.3) is 0 Å². The number of hydrogen-bond donors (Lipinski definition) is 1. The van der Waals surface area contributed by atoms with Crippen LogP contribution < -0.4 is 4.18 Å². The fraction of sp³-hybridized carbons (Fsp3) is 0.182. The second kappa shape index (κ2) is 7.28. The number of halogens is 1. The average Bonchev–Trinajstić information content (AvgIpc) is 2.61. The predicted molar refractivity (Wildman–Crippen MR) is 109 cm³/mol. The van der Waals surface area contributed by atoms with Crippen molar-refractivity contribution in [3.8, 4) is 33.8 Å². The lowest BCUT2D eigenvalue weighted by atomic mass is 9.87. The summed E-state index contributed by atoms with van der Waals surface area (Å²) >= 11 is 0. The normalized spacial score (nSPS) is 11.5. The van der Waals surface area contributed by atoms with Crippen LogP contribution in [-0.2, 0) is 10.1 Å². The molecule has 3 aromatic carbocycles. The first kappa shape index (κ1) is 19.9. The smallest absolute Gasteiger partial charge is 0.306 e. The molecule has 0 aliphatic carbocycles. The van der Waals surface area contributed by atoms with Gasteiger partial charge in [-0.05, 0) is 84.0 Å². The minimum Gasteiger partial charge on any atom is -0.505 e. The summed E-state index contributed by atoms with van der Waals surface area (Å²) < 4.78 is 41.2. The Morgan fingerprint density at radius 2 is 1.50 bits per heavy atom. The Morgan fingerprint density at radius 1 is 0.893 bits per heavy atom. The first-order valence-corrected chi connectivity index (χ1v) is 10.5. The lowest BCUT2D eigenvalue weighted by Crippen LogP contribution is -2.05. The SMILES string of the molecule is Cc1cc(-c2ccc(OS(C)(=O)=O)cc2)c(C)c(C)c1-c1ccc(O)c(F)c1. The quantitative estimate of drug-likeness (QED) is 0.617. The van der Waals surface area contributed by atoms with Gasteiger partial charge in [0.2, 0.25) is 0 Å². The molecule has 28 heavy (non-hydrogen) atoms. The highest BCUT2D eigenvalue weighted by Crippen LogP contribution is 2.37. The first-order chi connectivity index (χ1) is 13.1. The minimum atomic E-state index is -3.57. The largest absolute Gasteiger partial charge is 0.505 e. The van der Waals surface area contributed by atoms with Gasteiger partial charge in [0, 0.05) is 0 Å². The van der Waals surface area contributed by atoms with E-state index in [1.54, 1.807) is 18.2 Å². The van der Waals surface area contributed by atoms with Crippen molar-refractivity contribution >= 4 is 10.1 Å². The Kier molecular flexibility index (Phi) is 5.17. The molecule has 0 bridgehead atoms. The van der Waals surface area contributed by atoms with Gasteiger partial charge in [-0.15, -0.1) is 0 Å². The topological polar surface area (TPSA) is 63.6 Å². The van der Waals surface area contributed by atoms with Crippen LogP contribution in [-0.4, -0.2) is 19.8 Å². The number of aryl methyl sites for hydroxylation is 1.